The molecule has 5 amide bonds. The van der Waals surface area contributed by atoms with E-state index in [-0.39, 0.29) is 66.9 Å². The Morgan fingerprint density at radius 2 is 1.70 bits per heavy atom. The van der Waals surface area contributed by atoms with Crippen molar-refractivity contribution < 1.29 is 33.8 Å². The smallest absolute Gasteiger partial charge is 0.254 e. The number of ether oxygens (including phenoxy) is 1. The van der Waals surface area contributed by atoms with Crippen molar-refractivity contribution in [1.29, 1.82) is 5.26 Å². The molecular weight excluding hydrogens is 803 g/mol. The van der Waals surface area contributed by atoms with Gasteiger partial charge >= 0.3 is 0 Å². The predicted octanol–water partition coefficient (Wildman–Crippen LogP) is 3.21. The lowest BCUT2D eigenvalue weighted by molar-refractivity contribution is -0.141. The lowest BCUT2D eigenvalue weighted by Crippen LogP contribution is -2.56. The second-order valence-corrected chi connectivity index (χ2v) is 16.7. The Labute approximate surface area is 367 Å². The highest BCUT2D eigenvalue weighted by Crippen LogP contribution is 2.39. The van der Waals surface area contributed by atoms with Gasteiger partial charge in [-0.05, 0) is 91.7 Å². The number of fused-ring (bicyclic) bond motifs is 5. The van der Waals surface area contributed by atoms with Crippen LogP contribution in [-0.2, 0) is 31.0 Å². The first-order valence-electron chi connectivity index (χ1n) is 20.8. The third kappa shape index (κ3) is 11.2. The molecule has 4 atom stereocenters. The molecule has 1 aromatic heterocycles. The fourth-order valence-electron chi connectivity index (χ4n) is 7.54. The minimum absolute atomic E-state index is 0.00830. The number of nitriles is 1. The maximum Gasteiger partial charge on any atom is 0.254 e. The van der Waals surface area contributed by atoms with Crippen molar-refractivity contribution in [2.75, 3.05) is 33.3 Å². The molecule has 1 unspecified atom stereocenters. The zero-order chi connectivity index (χ0) is 46.2. The summed E-state index contributed by atoms with van der Waals surface area (Å²) in [6.07, 6.45) is -0.0206. The largest absolute Gasteiger partial charge is 0.507 e. The van der Waals surface area contributed by atoms with Gasteiger partial charge < -0.3 is 47.5 Å². The summed E-state index contributed by atoms with van der Waals surface area (Å²) in [5.74, 6) is -3.19. The molecular formula is C47H57N9O7. The van der Waals surface area contributed by atoms with Gasteiger partial charge in [-0.15, -0.1) is 0 Å². The summed E-state index contributed by atoms with van der Waals surface area (Å²) in [7, 11) is 1.40. The van der Waals surface area contributed by atoms with Gasteiger partial charge in [0.1, 0.15) is 48.8 Å². The number of nitrogens with zero attached hydrogens (tertiary/aromatic N) is 3. The first-order chi connectivity index (χ1) is 29.9. The van der Waals surface area contributed by atoms with Gasteiger partial charge in [0.05, 0.1) is 23.0 Å². The van der Waals surface area contributed by atoms with E-state index in [1.54, 1.807) is 44.2 Å². The van der Waals surface area contributed by atoms with Crippen LogP contribution < -0.4 is 37.5 Å². The van der Waals surface area contributed by atoms with E-state index in [0.29, 0.717) is 33.8 Å². The molecule has 63 heavy (non-hydrogen) atoms. The molecule has 0 aliphatic carbocycles. The number of pyridine rings is 1. The van der Waals surface area contributed by atoms with Gasteiger partial charge in [0, 0.05) is 36.7 Å². The fourth-order valence-corrected chi connectivity index (χ4v) is 7.54. The molecule has 5 rings (SSSR count). The van der Waals surface area contributed by atoms with E-state index in [9.17, 15) is 29.1 Å². The van der Waals surface area contributed by atoms with Crippen molar-refractivity contribution in [3.8, 4) is 40.0 Å². The van der Waals surface area contributed by atoms with Crippen molar-refractivity contribution >= 4 is 29.5 Å². The number of nitrogens with two attached hydrogens (primary N) is 2. The molecule has 0 fully saturated rings. The van der Waals surface area contributed by atoms with Crippen LogP contribution in [0.3, 0.4) is 0 Å². The Kier molecular flexibility index (Phi) is 15.3. The number of phenols is 1. The van der Waals surface area contributed by atoms with Crippen LogP contribution in [0.4, 0.5) is 0 Å². The lowest BCUT2D eigenvalue weighted by Gasteiger charge is -2.32. The van der Waals surface area contributed by atoms with Crippen LogP contribution in [0.25, 0.3) is 22.4 Å². The van der Waals surface area contributed by atoms with Gasteiger partial charge in [-0.3, -0.25) is 29.0 Å². The molecule has 332 valence electrons. The molecule has 0 spiro atoms. The molecule has 3 aromatic carbocycles. The first kappa shape index (κ1) is 47.2. The van der Waals surface area contributed by atoms with Crippen LogP contribution in [0.2, 0.25) is 0 Å². The highest BCUT2D eigenvalue weighted by molar-refractivity contribution is 6.01. The Morgan fingerprint density at radius 1 is 0.984 bits per heavy atom. The Morgan fingerprint density at radius 3 is 2.33 bits per heavy atom. The minimum atomic E-state index is -1.41. The van der Waals surface area contributed by atoms with Crippen LogP contribution in [0.15, 0.2) is 66.7 Å². The van der Waals surface area contributed by atoms with Gasteiger partial charge in [0.25, 0.3) is 5.91 Å². The number of rotatable bonds is 12. The molecule has 1 aliphatic rings. The van der Waals surface area contributed by atoms with Gasteiger partial charge in [-0.25, -0.2) is 0 Å². The molecule has 0 saturated carbocycles. The summed E-state index contributed by atoms with van der Waals surface area (Å²) >= 11 is 0. The summed E-state index contributed by atoms with van der Waals surface area (Å²) in [5, 5.41) is 31.0. The van der Waals surface area contributed by atoms with E-state index >= 15 is 0 Å². The summed E-state index contributed by atoms with van der Waals surface area (Å²) in [4.78, 5) is 75.9. The quantitative estimate of drug-likeness (QED) is 0.102. The number of aromatic nitrogens is 1. The standard InChI is InChI=1S/C47H57N9O7/c1-26-22-36(30-9-12-32(13-10-30)47(4,5)6)52-27(2)40(26)44(60)54-35(16-17-48)46(62)56(7)41-31-11-15-39(63-21-19-50)34(25-31)33-23-29(8-14-38(33)57)24-37(43(59)51-20-18-49)55-42(58)28(3)53-45(41)61/h8-15,22-23,25,28,35,37,41,57H,16-17,19-21,24,48,50H2,1-7H3,(H,51,59)(H,53,61)(H,54,60)(H,55,58)/t28-,35?,37-,41-/m0/s1. The maximum absolute atomic E-state index is 14.6. The molecule has 0 radical (unpaired) electrons. The topological polar surface area (TPSA) is 255 Å². The number of carbonyl (C=O) groups is 5. The monoisotopic (exact) mass is 859 g/mol. The zero-order valence-corrected chi connectivity index (χ0v) is 36.8. The van der Waals surface area contributed by atoms with Crippen LogP contribution in [0, 0.1) is 25.2 Å². The number of hydrogen-bond acceptors (Lipinski definition) is 11. The molecule has 16 heteroatoms. The van der Waals surface area contributed by atoms with Gasteiger partial charge in [-0.1, -0.05) is 57.2 Å². The van der Waals surface area contributed by atoms with E-state index < -0.39 is 53.7 Å². The van der Waals surface area contributed by atoms with E-state index in [2.05, 4.69) is 54.2 Å². The number of nitrogens with one attached hydrogen (secondary N) is 4. The minimum Gasteiger partial charge on any atom is -0.507 e. The number of aryl methyl sites for hydroxylation is 2. The van der Waals surface area contributed by atoms with Crippen molar-refractivity contribution in [2.45, 2.75) is 84.0 Å². The SMILES string of the molecule is Cc1cc(-c2ccc(C(C)(C)C)cc2)nc(C)c1C(=O)NC(CCN)C(=O)N(C)[C@@H]1C(=O)N[C@@H](C)C(=O)N[C@H](C(=O)NCC#N)Cc2ccc(O)c(c2)-c2cc1ccc2OCCN. The maximum atomic E-state index is 14.6. The number of likely N-dealkylation sites (N-methyl/N-ethyl adjacent to an activating group) is 1. The second-order valence-electron chi connectivity index (χ2n) is 16.7. The summed E-state index contributed by atoms with van der Waals surface area (Å²) in [5.41, 5.74) is 17.3. The molecule has 4 aromatic rings. The number of amides is 5. The Balaban J connectivity index is 1.53. The van der Waals surface area contributed by atoms with Gasteiger partial charge in [-0.2, -0.15) is 5.26 Å². The van der Waals surface area contributed by atoms with Crippen molar-refractivity contribution in [1.82, 2.24) is 31.2 Å². The number of phenolic OH excluding ortho intramolecular Hbond substituents is 1. The molecule has 2 heterocycles. The molecule has 4 bridgehead atoms. The molecule has 9 N–H and O–H groups in total. The average molecular weight is 860 g/mol. The third-order valence-corrected chi connectivity index (χ3v) is 10.9. The van der Waals surface area contributed by atoms with Crippen LogP contribution in [0.5, 0.6) is 11.5 Å². The summed E-state index contributed by atoms with van der Waals surface area (Å²) in [6.45, 7) is 11.4. The van der Waals surface area contributed by atoms with E-state index in [1.165, 1.54) is 30.5 Å². The molecule has 0 saturated heterocycles. The van der Waals surface area contributed by atoms with Crippen LogP contribution in [0.1, 0.15) is 78.5 Å². The van der Waals surface area contributed by atoms with Crippen LogP contribution in [-0.4, -0.2) is 95.9 Å². The summed E-state index contributed by atoms with van der Waals surface area (Å²) < 4.78 is 5.98. The second kappa shape index (κ2) is 20.4. The van der Waals surface area contributed by atoms with Gasteiger partial charge in [0.2, 0.25) is 23.6 Å². The van der Waals surface area contributed by atoms with Crippen LogP contribution >= 0.6 is 0 Å². The van der Waals surface area contributed by atoms with Gasteiger partial charge in [0.15, 0.2) is 0 Å². The number of hydrogen-bond donors (Lipinski definition) is 7. The van der Waals surface area contributed by atoms with E-state index in [1.807, 2.05) is 24.3 Å². The third-order valence-electron chi connectivity index (χ3n) is 10.9. The first-order valence-corrected chi connectivity index (χ1v) is 20.8. The Hall–Kier alpha value is -6.83. The fraction of sp³-hybridized carbons (Fsp3) is 0.383. The molecule has 16 nitrogen and oxygen atoms in total. The number of carbonyl (C=O) groups excluding carboxylic acids is 5. The van der Waals surface area contributed by atoms with Crippen molar-refractivity contribution in [3.63, 3.8) is 0 Å². The summed E-state index contributed by atoms with van der Waals surface area (Å²) in [6, 6.07) is 16.2. The van der Waals surface area contributed by atoms with Crippen molar-refractivity contribution in [3.05, 3.63) is 100 Å². The normalized spacial score (nSPS) is 16.9. The number of aromatic hydroxyl groups is 1. The highest BCUT2D eigenvalue weighted by Gasteiger charge is 2.36. The Bertz CT molecular complexity index is 2380. The van der Waals surface area contributed by atoms with Crippen molar-refractivity contribution in [2.24, 2.45) is 11.5 Å². The number of benzene rings is 3. The van der Waals surface area contributed by atoms with E-state index in [4.69, 9.17) is 26.5 Å². The lowest BCUT2D eigenvalue weighted by atomic mass is 9.86. The highest BCUT2D eigenvalue weighted by atomic mass is 16.5. The predicted molar refractivity (Wildman–Crippen MR) is 238 cm³/mol. The van der Waals surface area contributed by atoms with E-state index in [0.717, 1.165) is 5.56 Å². The molecule has 1 aliphatic heterocycles. The average Bonchev–Trinajstić information content (AvgIpc) is 3.24. The zero-order valence-electron chi connectivity index (χ0n) is 36.8.